The van der Waals surface area contributed by atoms with Crippen molar-refractivity contribution in [2.24, 2.45) is 0 Å². The second kappa shape index (κ2) is 11.3. The maximum absolute atomic E-state index is 2.56. The number of para-hydroxylation sites is 2. The molecule has 2 aliphatic rings. The number of nitrogens with zero attached hydrogens (tertiary/aromatic N) is 2. The summed E-state index contributed by atoms with van der Waals surface area (Å²) in [6.07, 6.45) is 0. The molecule has 0 atom stereocenters. The number of hydrogen-bond acceptors (Lipinski definition) is 4. The predicted octanol–water partition coefficient (Wildman–Crippen LogP) is 11.5. The molecule has 0 unspecified atom stereocenters. The van der Waals surface area contributed by atoms with Crippen molar-refractivity contribution in [3.8, 4) is 22.3 Å². The minimum atomic E-state index is 0.0974. The first-order chi connectivity index (χ1) is 25.3. The molecule has 11 rings (SSSR count). The van der Waals surface area contributed by atoms with Crippen LogP contribution in [0.15, 0.2) is 176 Å². The fourth-order valence-corrected chi connectivity index (χ4v) is 10.9. The van der Waals surface area contributed by atoms with Gasteiger partial charge in [0.25, 0.3) is 6.71 Å². The van der Waals surface area contributed by atoms with E-state index in [1.165, 1.54) is 91.6 Å². The molecule has 0 saturated heterocycles. The number of fused-ring (bicyclic) bond motifs is 6. The van der Waals surface area contributed by atoms with Crippen molar-refractivity contribution in [3.63, 3.8) is 0 Å². The molecule has 2 nitrogen and oxygen atoms in total. The van der Waals surface area contributed by atoms with Gasteiger partial charge >= 0.3 is 0 Å². The van der Waals surface area contributed by atoms with Crippen LogP contribution < -0.4 is 26.2 Å². The van der Waals surface area contributed by atoms with Crippen LogP contribution in [0.5, 0.6) is 0 Å². The van der Waals surface area contributed by atoms with Crippen LogP contribution in [0.4, 0.5) is 32.8 Å². The van der Waals surface area contributed by atoms with E-state index in [1.807, 2.05) is 22.7 Å². The fraction of sp³-hybridized carbons (Fsp3) is 0. The van der Waals surface area contributed by atoms with Gasteiger partial charge in [0.2, 0.25) is 0 Å². The van der Waals surface area contributed by atoms with Crippen LogP contribution in [0.2, 0.25) is 0 Å². The summed E-state index contributed by atoms with van der Waals surface area (Å²) in [7, 11) is 0. The number of benzene rings is 7. The zero-order valence-corrected chi connectivity index (χ0v) is 29.2. The Morgan fingerprint density at radius 1 is 0.353 bits per heavy atom. The molecule has 2 aliphatic heterocycles. The lowest BCUT2D eigenvalue weighted by Crippen LogP contribution is -2.61. The predicted molar refractivity (Wildman–Crippen MR) is 222 cm³/mol. The zero-order chi connectivity index (χ0) is 33.5. The Balaban J connectivity index is 1.23. The Morgan fingerprint density at radius 2 is 0.745 bits per heavy atom. The van der Waals surface area contributed by atoms with Gasteiger partial charge in [0, 0.05) is 54.0 Å². The number of thiophene rings is 2. The largest absolute Gasteiger partial charge is 0.302 e. The quantitative estimate of drug-likeness (QED) is 0.170. The highest BCUT2D eigenvalue weighted by Crippen LogP contribution is 2.54. The van der Waals surface area contributed by atoms with E-state index in [1.54, 1.807) is 0 Å². The molecule has 0 N–H and O–H groups in total. The van der Waals surface area contributed by atoms with Crippen LogP contribution >= 0.6 is 22.7 Å². The van der Waals surface area contributed by atoms with Gasteiger partial charge in [-0.05, 0) is 63.9 Å². The van der Waals surface area contributed by atoms with Crippen molar-refractivity contribution in [1.29, 1.82) is 0 Å². The highest BCUT2D eigenvalue weighted by atomic mass is 32.1. The van der Waals surface area contributed by atoms with Crippen molar-refractivity contribution in [1.82, 2.24) is 0 Å². The summed E-state index contributed by atoms with van der Waals surface area (Å²) in [6, 6.07) is 64.7. The molecule has 0 bridgehead atoms. The lowest BCUT2D eigenvalue weighted by Gasteiger charge is -2.43. The Bertz CT molecular complexity index is 2600. The third-order valence-corrected chi connectivity index (χ3v) is 12.8. The van der Waals surface area contributed by atoms with Crippen LogP contribution in [0, 0.1) is 0 Å². The van der Waals surface area contributed by atoms with Crippen LogP contribution in [0.3, 0.4) is 0 Å². The summed E-state index contributed by atoms with van der Waals surface area (Å²) in [4.78, 5) is 5.12. The molecule has 0 fully saturated rings. The maximum Gasteiger partial charge on any atom is 0.252 e. The third-order valence-electron chi connectivity index (χ3n) is 10.5. The Morgan fingerprint density at radius 3 is 1.24 bits per heavy atom. The van der Waals surface area contributed by atoms with E-state index in [2.05, 4.69) is 186 Å². The summed E-state index contributed by atoms with van der Waals surface area (Å²) in [6.45, 7) is 0.0974. The van der Waals surface area contributed by atoms with Gasteiger partial charge in [0.15, 0.2) is 0 Å². The molecule has 0 amide bonds. The monoisotopic (exact) mass is 684 g/mol. The molecule has 0 spiro atoms. The first-order valence-corrected chi connectivity index (χ1v) is 19.0. The molecule has 2 aromatic heterocycles. The van der Waals surface area contributed by atoms with Crippen molar-refractivity contribution in [3.05, 3.63) is 176 Å². The first kappa shape index (κ1) is 28.9. The standard InChI is InChI=1S/C46H29BN2S2/c1-3-16-30(17-4-1)42-32-20-7-13-28-40(32)50-45(42)48-36-24-11-9-22-34(36)47-35-23-10-12-25-37(35)49(39-27-15-26-38(48)44(39)47)46-43(31-18-5-2-6-19-31)33-21-8-14-29-41(33)51-46/h1-29H. The highest BCUT2D eigenvalue weighted by molar-refractivity contribution is 7.24. The number of anilines is 6. The van der Waals surface area contributed by atoms with Crippen LogP contribution in [0.25, 0.3) is 42.4 Å². The van der Waals surface area contributed by atoms with Gasteiger partial charge in [-0.2, -0.15) is 0 Å². The lowest BCUT2D eigenvalue weighted by molar-refractivity contribution is 1.28. The minimum Gasteiger partial charge on any atom is -0.302 e. The molecule has 51 heavy (non-hydrogen) atoms. The normalized spacial score (nSPS) is 13.0. The highest BCUT2D eigenvalue weighted by Gasteiger charge is 2.44. The summed E-state index contributed by atoms with van der Waals surface area (Å²) < 4.78 is 2.58. The topological polar surface area (TPSA) is 6.48 Å². The fourth-order valence-electron chi connectivity index (χ4n) is 8.42. The van der Waals surface area contributed by atoms with E-state index in [9.17, 15) is 0 Å². The van der Waals surface area contributed by atoms with E-state index in [0.717, 1.165) is 0 Å². The van der Waals surface area contributed by atoms with Crippen molar-refractivity contribution >= 4 is 98.7 Å². The van der Waals surface area contributed by atoms with Gasteiger partial charge in [-0.3, -0.25) is 0 Å². The number of hydrogen-bond donors (Lipinski definition) is 0. The van der Waals surface area contributed by atoms with Gasteiger partial charge in [-0.1, -0.05) is 140 Å². The average Bonchev–Trinajstić information content (AvgIpc) is 3.77. The van der Waals surface area contributed by atoms with Crippen molar-refractivity contribution < 1.29 is 0 Å². The maximum atomic E-state index is 2.56. The molecule has 0 saturated carbocycles. The SMILES string of the molecule is c1ccc(-c2c(N3c4ccccc4B4c5ccccc5N(c5sc6ccccc6c5-c5ccccc5)c5cccc3c54)sc3ccccc23)cc1. The first-order valence-electron chi connectivity index (χ1n) is 17.4. The van der Waals surface area contributed by atoms with E-state index < -0.39 is 0 Å². The lowest BCUT2D eigenvalue weighted by atomic mass is 9.33. The van der Waals surface area contributed by atoms with E-state index in [-0.39, 0.29) is 6.71 Å². The number of rotatable bonds is 4. The second-order valence-electron chi connectivity index (χ2n) is 13.2. The molecule has 4 heterocycles. The van der Waals surface area contributed by atoms with Crippen molar-refractivity contribution in [2.75, 3.05) is 9.80 Å². The van der Waals surface area contributed by atoms with E-state index in [0.29, 0.717) is 0 Å². The Labute approximate surface area is 305 Å². The summed E-state index contributed by atoms with van der Waals surface area (Å²) in [5.74, 6) is 0. The molecular weight excluding hydrogens is 655 g/mol. The molecule has 7 aromatic carbocycles. The van der Waals surface area contributed by atoms with E-state index in [4.69, 9.17) is 0 Å². The molecule has 0 aliphatic carbocycles. The van der Waals surface area contributed by atoms with Gasteiger partial charge in [0.1, 0.15) is 10.0 Å². The molecule has 9 aromatic rings. The van der Waals surface area contributed by atoms with Gasteiger partial charge < -0.3 is 9.80 Å². The molecule has 238 valence electrons. The Hall–Kier alpha value is -5.88. The van der Waals surface area contributed by atoms with Crippen molar-refractivity contribution in [2.45, 2.75) is 0 Å². The third kappa shape index (κ3) is 4.23. The minimum absolute atomic E-state index is 0.0974. The van der Waals surface area contributed by atoms with Gasteiger partial charge in [-0.15, -0.1) is 22.7 Å². The zero-order valence-electron chi connectivity index (χ0n) is 27.5. The van der Waals surface area contributed by atoms with Crippen LogP contribution in [0.1, 0.15) is 0 Å². The smallest absolute Gasteiger partial charge is 0.252 e. The van der Waals surface area contributed by atoms with Gasteiger partial charge in [-0.25, -0.2) is 0 Å². The molecular formula is C46H29BN2S2. The molecule has 0 radical (unpaired) electrons. The van der Waals surface area contributed by atoms with E-state index >= 15 is 0 Å². The Kier molecular flexibility index (Phi) is 6.42. The summed E-state index contributed by atoms with van der Waals surface area (Å²) in [5.41, 5.74) is 14.0. The van der Waals surface area contributed by atoms with Crippen LogP contribution in [-0.2, 0) is 0 Å². The average molecular weight is 685 g/mol. The summed E-state index contributed by atoms with van der Waals surface area (Å²) >= 11 is 3.77. The molecule has 5 heteroatoms. The summed E-state index contributed by atoms with van der Waals surface area (Å²) in [5, 5.41) is 5.08. The second-order valence-corrected chi connectivity index (χ2v) is 15.3. The van der Waals surface area contributed by atoms with Gasteiger partial charge in [0.05, 0.1) is 0 Å². The van der Waals surface area contributed by atoms with Crippen LogP contribution in [-0.4, -0.2) is 6.71 Å².